The fourth-order valence-corrected chi connectivity index (χ4v) is 6.90. The van der Waals surface area contributed by atoms with Gasteiger partial charge in [-0.15, -0.1) is 0 Å². The number of nitro benzene ring substituents is 1. The minimum Gasteiger partial charge on any atom is -0.463 e. The second-order valence-corrected chi connectivity index (χ2v) is 12.7. The molecule has 0 N–H and O–H groups in total. The summed E-state index contributed by atoms with van der Waals surface area (Å²) in [5.74, 6) is -2.81. The quantitative estimate of drug-likeness (QED) is 0.0892. The highest BCUT2D eigenvalue weighted by Crippen LogP contribution is 2.42. The van der Waals surface area contributed by atoms with Crippen LogP contribution < -0.4 is 0 Å². The molecular formula is C38H43N3O7. The number of hydrogen-bond donors (Lipinski definition) is 0. The van der Waals surface area contributed by atoms with E-state index in [0.29, 0.717) is 29.9 Å². The Kier molecular flexibility index (Phi) is 11.2. The summed E-state index contributed by atoms with van der Waals surface area (Å²) in [6.45, 7) is 7.69. The molecule has 3 atom stereocenters. The first-order valence-electron chi connectivity index (χ1n) is 16.3. The molecule has 5 rings (SSSR count). The minimum atomic E-state index is -0.976. The maximum Gasteiger partial charge on any atom is 0.337 e. The molecule has 252 valence electrons. The SMILES string of the molecule is COCCOC(=O)C1C(C)=NC(C)=C(C(=O)O[C@]2(C)CCN(CCC(c3ccccc3)c3ccccc3)C2)[C@@H]1c1cccc([N+](=O)[O-])c1. The zero-order chi connectivity index (χ0) is 34.3. The second kappa shape index (κ2) is 15.5. The Morgan fingerprint density at radius 3 is 2.29 bits per heavy atom. The van der Waals surface area contributed by atoms with Crippen LogP contribution in [-0.2, 0) is 23.8 Å². The summed E-state index contributed by atoms with van der Waals surface area (Å²) in [5.41, 5.74) is 3.08. The Balaban J connectivity index is 1.36. The molecule has 0 aliphatic carbocycles. The Bertz CT molecular complexity index is 1630. The zero-order valence-electron chi connectivity index (χ0n) is 28.0. The Morgan fingerprint density at radius 1 is 1.00 bits per heavy atom. The number of methoxy groups -OCH3 is 1. The van der Waals surface area contributed by atoms with E-state index in [1.807, 2.05) is 19.1 Å². The summed E-state index contributed by atoms with van der Waals surface area (Å²) < 4.78 is 16.8. The number of benzene rings is 3. The van der Waals surface area contributed by atoms with Gasteiger partial charge in [0.25, 0.3) is 5.69 Å². The predicted molar refractivity (Wildman–Crippen MR) is 183 cm³/mol. The van der Waals surface area contributed by atoms with Crippen molar-refractivity contribution >= 4 is 23.3 Å². The smallest absolute Gasteiger partial charge is 0.337 e. The molecule has 2 aliphatic heterocycles. The van der Waals surface area contributed by atoms with Gasteiger partial charge in [-0.05, 0) is 50.4 Å². The van der Waals surface area contributed by atoms with Crippen molar-refractivity contribution in [2.75, 3.05) is 40.0 Å². The van der Waals surface area contributed by atoms with Crippen molar-refractivity contribution in [1.82, 2.24) is 4.90 Å². The van der Waals surface area contributed by atoms with Crippen LogP contribution >= 0.6 is 0 Å². The molecule has 3 aromatic rings. The summed E-state index contributed by atoms with van der Waals surface area (Å²) in [6.07, 6.45) is 1.54. The third-order valence-electron chi connectivity index (χ3n) is 9.27. The van der Waals surface area contributed by atoms with Gasteiger partial charge in [-0.1, -0.05) is 72.8 Å². The minimum absolute atomic E-state index is 0.0204. The fourth-order valence-electron chi connectivity index (χ4n) is 6.90. The van der Waals surface area contributed by atoms with Gasteiger partial charge in [-0.2, -0.15) is 0 Å². The van der Waals surface area contributed by atoms with Crippen molar-refractivity contribution in [3.63, 3.8) is 0 Å². The highest BCUT2D eigenvalue weighted by molar-refractivity contribution is 6.07. The van der Waals surface area contributed by atoms with E-state index in [4.69, 9.17) is 14.2 Å². The zero-order valence-corrected chi connectivity index (χ0v) is 28.0. The number of esters is 2. The van der Waals surface area contributed by atoms with Crippen molar-refractivity contribution in [2.45, 2.75) is 51.0 Å². The van der Waals surface area contributed by atoms with E-state index in [1.165, 1.54) is 30.4 Å². The highest BCUT2D eigenvalue weighted by atomic mass is 16.6. The number of nitrogens with zero attached hydrogens (tertiary/aromatic N) is 3. The molecule has 0 spiro atoms. The van der Waals surface area contributed by atoms with E-state index in [9.17, 15) is 19.7 Å². The van der Waals surface area contributed by atoms with Crippen LogP contribution in [-0.4, -0.2) is 73.0 Å². The lowest BCUT2D eigenvalue weighted by Crippen LogP contribution is -2.40. The molecule has 1 fully saturated rings. The number of ether oxygens (including phenoxy) is 3. The van der Waals surface area contributed by atoms with Gasteiger partial charge in [-0.25, -0.2) is 4.79 Å². The molecule has 2 heterocycles. The van der Waals surface area contributed by atoms with Crippen molar-refractivity contribution < 1.29 is 28.7 Å². The fraction of sp³-hybridized carbons (Fsp3) is 0.395. The molecule has 0 amide bonds. The van der Waals surface area contributed by atoms with Crippen LogP contribution in [0.4, 0.5) is 5.69 Å². The van der Waals surface area contributed by atoms with Crippen LogP contribution in [0.25, 0.3) is 0 Å². The van der Waals surface area contributed by atoms with E-state index in [1.54, 1.807) is 26.0 Å². The van der Waals surface area contributed by atoms with E-state index in [0.717, 1.165) is 19.5 Å². The molecular weight excluding hydrogens is 610 g/mol. The van der Waals surface area contributed by atoms with Gasteiger partial charge in [0.2, 0.25) is 0 Å². The highest BCUT2D eigenvalue weighted by Gasteiger charge is 2.45. The number of hydrogen-bond acceptors (Lipinski definition) is 9. The topological polar surface area (TPSA) is 121 Å². The van der Waals surface area contributed by atoms with Gasteiger partial charge >= 0.3 is 11.9 Å². The molecule has 0 radical (unpaired) electrons. The number of rotatable bonds is 13. The monoisotopic (exact) mass is 653 g/mol. The van der Waals surface area contributed by atoms with Gasteiger partial charge in [0.05, 0.1) is 17.1 Å². The first-order valence-corrected chi connectivity index (χ1v) is 16.3. The summed E-state index contributed by atoms with van der Waals surface area (Å²) >= 11 is 0. The van der Waals surface area contributed by atoms with Crippen LogP contribution in [0.1, 0.15) is 62.1 Å². The van der Waals surface area contributed by atoms with Crippen LogP contribution in [0.5, 0.6) is 0 Å². The largest absolute Gasteiger partial charge is 0.463 e. The number of carbonyl (C=O) groups is 2. The molecule has 3 aromatic carbocycles. The number of non-ortho nitro benzene ring substituents is 1. The average Bonchev–Trinajstić information content (AvgIpc) is 3.45. The number of aliphatic imine (C=N–C) groups is 1. The maximum absolute atomic E-state index is 14.2. The van der Waals surface area contributed by atoms with E-state index in [2.05, 4.69) is 58.4 Å². The van der Waals surface area contributed by atoms with Gasteiger partial charge in [0.15, 0.2) is 0 Å². The lowest BCUT2D eigenvalue weighted by Gasteiger charge is -2.33. The Hall–Kier alpha value is -4.67. The number of nitro groups is 1. The van der Waals surface area contributed by atoms with Gasteiger partial charge in [0, 0.05) is 62.0 Å². The molecule has 0 bridgehead atoms. The van der Waals surface area contributed by atoms with E-state index >= 15 is 0 Å². The molecule has 0 aromatic heterocycles. The standard InChI is InChI=1S/C38H43N3O7/c1-26-33(36(42)47-23-22-46-4)35(30-16-11-17-31(24-30)41(44)45)34(27(2)39-26)37(43)48-38(3)19-21-40(25-38)20-18-32(28-12-7-5-8-13-28)29-14-9-6-10-15-29/h5-17,24,32-33,35H,18-23,25H2,1-4H3/t33?,35-,38-/m1/s1. The van der Waals surface area contributed by atoms with Gasteiger partial charge in [0.1, 0.15) is 18.1 Å². The molecule has 10 nitrogen and oxygen atoms in total. The summed E-state index contributed by atoms with van der Waals surface area (Å²) in [7, 11) is 1.50. The third kappa shape index (κ3) is 8.06. The lowest BCUT2D eigenvalue weighted by molar-refractivity contribution is -0.384. The van der Waals surface area contributed by atoms with Crippen molar-refractivity contribution in [1.29, 1.82) is 0 Å². The van der Waals surface area contributed by atoms with Crippen LogP contribution in [0, 0.1) is 16.0 Å². The molecule has 48 heavy (non-hydrogen) atoms. The van der Waals surface area contributed by atoms with Gasteiger partial charge in [-0.3, -0.25) is 24.8 Å². The Labute approximate surface area is 281 Å². The van der Waals surface area contributed by atoms with Crippen LogP contribution in [0.3, 0.4) is 0 Å². The van der Waals surface area contributed by atoms with Crippen LogP contribution in [0.2, 0.25) is 0 Å². The van der Waals surface area contributed by atoms with Crippen LogP contribution in [0.15, 0.2) is 101 Å². The normalized spacial score (nSPS) is 21.2. The van der Waals surface area contributed by atoms with E-state index in [-0.39, 0.29) is 30.4 Å². The first-order chi connectivity index (χ1) is 23.1. The van der Waals surface area contributed by atoms with E-state index < -0.39 is 34.3 Å². The summed E-state index contributed by atoms with van der Waals surface area (Å²) in [4.78, 5) is 45.8. The van der Waals surface area contributed by atoms with Crippen molar-refractivity contribution in [3.8, 4) is 0 Å². The average molecular weight is 654 g/mol. The molecule has 2 aliphatic rings. The molecule has 1 saturated heterocycles. The number of likely N-dealkylation sites (tertiary alicyclic amines) is 1. The second-order valence-electron chi connectivity index (χ2n) is 12.7. The Morgan fingerprint density at radius 2 is 1.67 bits per heavy atom. The number of allylic oxidation sites excluding steroid dienone is 1. The number of carbonyl (C=O) groups excluding carboxylic acids is 2. The molecule has 1 unspecified atom stereocenters. The summed E-state index contributed by atoms with van der Waals surface area (Å²) in [6, 6.07) is 27.0. The summed E-state index contributed by atoms with van der Waals surface area (Å²) in [5, 5.41) is 11.7. The van der Waals surface area contributed by atoms with Crippen molar-refractivity contribution in [2.24, 2.45) is 10.9 Å². The molecule has 10 heteroatoms. The maximum atomic E-state index is 14.2. The first kappa shape index (κ1) is 34.7. The molecule has 0 saturated carbocycles. The van der Waals surface area contributed by atoms with Crippen molar-refractivity contribution in [3.05, 3.63) is 123 Å². The third-order valence-corrected chi connectivity index (χ3v) is 9.27. The van der Waals surface area contributed by atoms with Gasteiger partial charge < -0.3 is 14.2 Å². The lowest BCUT2D eigenvalue weighted by atomic mass is 9.75. The predicted octanol–water partition coefficient (Wildman–Crippen LogP) is 6.46.